The molecule has 6 heteroatoms. The van der Waals surface area contributed by atoms with Crippen molar-refractivity contribution in [1.29, 1.82) is 0 Å². The van der Waals surface area contributed by atoms with Gasteiger partial charge in [0.15, 0.2) is 0 Å². The maximum absolute atomic E-state index is 13.4. The molecule has 148 valence electrons. The lowest BCUT2D eigenvalue weighted by Crippen LogP contribution is -2.48. The SMILES string of the molecule is CC(CCC(O[Si](C)(C)C(C)(C)C)=C(F)F)C(=O)[Si](C)(C)C(C)(C)C. The number of hydrogen-bond acceptors (Lipinski definition) is 2. The molecule has 2 nitrogen and oxygen atoms in total. The van der Waals surface area contributed by atoms with Gasteiger partial charge in [0.25, 0.3) is 0 Å². The van der Waals surface area contributed by atoms with Crippen molar-refractivity contribution in [3.8, 4) is 0 Å². The van der Waals surface area contributed by atoms with Crippen molar-refractivity contribution >= 4 is 21.8 Å². The Morgan fingerprint density at radius 1 is 0.960 bits per heavy atom. The first kappa shape index (κ1) is 24.5. The van der Waals surface area contributed by atoms with Crippen molar-refractivity contribution in [2.24, 2.45) is 5.92 Å². The molecule has 0 saturated carbocycles. The summed E-state index contributed by atoms with van der Waals surface area (Å²) < 4.78 is 32.6. The lowest BCUT2D eigenvalue weighted by atomic mass is 10.1. The Kier molecular flexibility index (Phi) is 7.87. The van der Waals surface area contributed by atoms with Crippen molar-refractivity contribution in [3.05, 3.63) is 11.8 Å². The van der Waals surface area contributed by atoms with Gasteiger partial charge in [0.1, 0.15) is 19.2 Å². The molecule has 0 rings (SSSR count). The predicted octanol–water partition coefficient (Wildman–Crippen LogP) is 7.15. The number of carbonyl (C=O) groups excluding carboxylic acids is 1. The van der Waals surface area contributed by atoms with E-state index in [1.54, 1.807) is 0 Å². The maximum atomic E-state index is 13.4. The zero-order valence-corrected chi connectivity index (χ0v) is 20.1. The molecular formula is C19H38F2O2Si2. The van der Waals surface area contributed by atoms with E-state index < -0.39 is 22.5 Å². The van der Waals surface area contributed by atoms with E-state index in [0.29, 0.717) is 6.42 Å². The van der Waals surface area contributed by atoms with Crippen LogP contribution >= 0.6 is 0 Å². The van der Waals surface area contributed by atoms with Crippen molar-refractivity contribution < 1.29 is 18.0 Å². The number of rotatable bonds is 7. The first-order valence-electron chi connectivity index (χ1n) is 9.12. The third-order valence-electron chi connectivity index (χ3n) is 6.14. The van der Waals surface area contributed by atoms with E-state index in [1.165, 1.54) is 0 Å². The number of hydrogen-bond donors (Lipinski definition) is 0. The summed E-state index contributed by atoms with van der Waals surface area (Å²) in [4.78, 5) is 12.9. The van der Waals surface area contributed by atoms with Gasteiger partial charge in [-0.2, -0.15) is 8.78 Å². The second-order valence-electron chi connectivity index (χ2n) is 10.2. The second kappa shape index (κ2) is 8.03. The second-order valence-corrected chi connectivity index (χ2v) is 20.2. The third kappa shape index (κ3) is 6.31. The van der Waals surface area contributed by atoms with Crippen LogP contribution in [0.5, 0.6) is 0 Å². The fraction of sp³-hybridized carbons (Fsp3) is 0.842. The molecule has 0 radical (unpaired) electrons. The Morgan fingerprint density at radius 3 is 1.72 bits per heavy atom. The van der Waals surface area contributed by atoms with Crippen molar-refractivity contribution in [2.45, 2.75) is 97.6 Å². The van der Waals surface area contributed by atoms with Crippen molar-refractivity contribution in [2.75, 3.05) is 0 Å². The summed E-state index contributed by atoms with van der Waals surface area (Å²) >= 11 is 0. The van der Waals surface area contributed by atoms with Gasteiger partial charge in [-0.05, 0) is 29.6 Å². The molecular weight excluding hydrogens is 354 g/mol. The molecule has 0 amide bonds. The summed E-state index contributed by atoms with van der Waals surface area (Å²) in [5, 5.41) is 0.0712. The Bertz CT molecular complexity index is 508. The van der Waals surface area contributed by atoms with Gasteiger partial charge in [0.05, 0.1) is 0 Å². The average Bonchev–Trinajstić information content (AvgIpc) is 2.39. The molecule has 1 atom stereocenters. The first-order chi connectivity index (χ1) is 10.8. The summed E-state index contributed by atoms with van der Waals surface area (Å²) in [5.74, 6) is -0.445. The monoisotopic (exact) mass is 392 g/mol. The zero-order valence-electron chi connectivity index (χ0n) is 18.1. The Labute approximate surface area is 155 Å². The van der Waals surface area contributed by atoms with Gasteiger partial charge >= 0.3 is 6.08 Å². The molecule has 0 aliphatic carbocycles. The van der Waals surface area contributed by atoms with Gasteiger partial charge in [-0.15, -0.1) is 0 Å². The highest BCUT2D eigenvalue weighted by Gasteiger charge is 2.44. The van der Waals surface area contributed by atoms with Crippen LogP contribution in [0.25, 0.3) is 0 Å². The molecule has 0 N–H and O–H groups in total. The van der Waals surface area contributed by atoms with E-state index in [0.717, 1.165) is 0 Å². The third-order valence-corrected chi connectivity index (χ3v) is 16.0. The lowest BCUT2D eigenvalue weighted by Gasteiger charge is -2.38. The van der Waals surface area contributed by atoms with E-state index in [1.807, 2.05) is 40.8 Å². The smallest absolute Gasteiger partial charge is 0.306 e. The van der Waals surface area contributed by atoms with Crippen LogP contribution in [0, 0.1) is 5.92 Å². The Morgan fingerprint density at radius 2 is 1.40 bits per heavy atom. The fourth-order valence-corrected chi connectivity index (χ4v) is 5.33. The van der Waals surface area contributed by atoms with E-state index in [9.17, 15) is 13.6 Å². The van der Waals surface area contributed by atoms with Gasteiger partial charge < -0.3 is 9.22 Å². The normalized spacial score (nSPS) is 14.9. The molecule has 0 saturated heterocycles. The van der Waals surface area contributed by atoms with Gasteiger partial charge in [-0.1, -0.05) is 61.6 Å². The molecule has 0 aliphatic rings. The molecule has 0 spiro atoms. The van der Waals surface area contributed by atoms with Crippen LogP contribution in [0.15, 0.2) is 11.8 Å². The maximum Gasteiger partial charge on any atom is 0.306 e. The molecule has 0 aromatic rings. The predicted molar refractivity (Wildman–Crippen MR) is 108 cm³/mol. The minimum Gasteiger partial charge on any atom is -0.543 e. The summed E-state index contributed by atoms with van der Waals surface area (Å²) in [7, 11) is -4.43. The highest BCUT2D eigenvalue weighted by atomic mass is 28.4. The van der Waals surface area contributed by atoms with E-state index >= 15 is 0 Å². The topological polar surface area (TPSA) is 26.3 Å². The first-order valence-corrected chi connectivity index (χ1v) is 15.0. The minimum atomic E-state index is -2.31. The Balaban J connectivity index is 5.14. The van der Waals surface area contributed by atoms with Crippen LogP contribution in [0.2, 0.25) is 36.3 Å². The molecule has 25 heavy (non-hydrogen) atoms. The fourth-order valence-electron chi connectivity index (χ4n) is 2.11. The zero-order chi connectivity index (χ0) is 20.4. The van der Waals surface area contributed by atoms with Gasteiger partial charge in [-0.3, -0.25) is 0 Å². The summed E-state index contributed by atoms with van der Waals surface area (Å²) in [6.45, 7) is 22.3. The standard InChI is InChI=1S/C19H38F2O2Si2/c1-14(17(22)24(8,9)18(2,3)4)12-13-15(16(20)21)23-25(10,11)19(5,6)7/h14H,12-13H2,1-11H3. The van der Waals surface area contributed by atoms with E-state index in [2.05, 4.69) is 33.9 Å². The quantitative estimate of drug-likeness (QED) is 0.339. The van der Waals surface area contributed by atoms with Crippen LogP contribution < -0.4 is 0 Å². The van der Waals surface area contributed by atoms with Gasteiger partial charge in [-0.25, -0.2) is 0 Å². The average molecular weight is 393 g/mol. The van der Waals surface area contributed by atoms with Gasteiger partial charge in [0.2, 0.25) is 8.32 Å². The summed E-state index contributed by atoms with van der Waals surface area (Å²) in [5.41, 5.74) is 0. The van der Waals surface area contributed by atoms with E-state index in [-0.39, 0.29) is 33.6 Å². The number of allylic oxidation sites excluding steroid dienone is 1. The summed E-state index contributed by atoms with van der Waals surface area (Å²) in [6, 6.07) is 0. The molecule has 0 heterocycles. The highest BCUT2D eigenvalue weighted by molar-refractivity contribution is 7.06. The molecule has 0 aliphatic heterocycles. The van der Waals surface area contributed by atoms with Crippen LogP contribution in [-0.2, 0) is 9.22 Å². The molecule has 0 aromatic heterocycles. The number of carbonyl (C=O) groups is 1. The molecule has 1 unspecified atom stereocenters. The van der Waals surface area contributed by atoms with Gasteiger partial charge in [0, 0.05) is 12.3 Å². The van der Waals surface area contributed by atoms with Crippen molar-refractivity contribution in [1.82, 2.24) is 0 Å². The molecule has 0 bridgehead atoms. The van der Waals surface area contributed by atoms with Crippen LogP contribution in [0.4, 0.5) is 8.78 Å². The minimum absolute atomic E-state index is 0.0417. The largest absolute Gasteiger partial charge is 0.543 e. The highest BCUT2D eigenvalue weighted by Crippen LogP contribution is 2.41. The number of halogens is 2. The molecule has 0 aromatic carbocycles. The van der Waals surface area contributed by atoms with E-state index in [4.69, 9.17) is 4.43 Å². The molecule has 0 fully saturated rings. The Hall–Kier alpha value is -0.496. The summed E-state index contributed by atoms with van der Waals surface area (Å²) in [6.07, 6.45) is -1.22. The van der Waals surface area contributed by atoms with Crippen LogP contribution in [-0.4, -0.2) is 21.8 Å². The lowest BCUT2D eigenvalue weighted by molar-refractivity contribution is -0.116. The van der Waals surface area contributed by atoms with Crippen LogP contribution in [0.1, 0.15) is 61.3 Å². The van der Waals surface area contributed by atoms with Crippen LogP contribution in [0.3, 0.4) is 0 Å². The van der Waals surface area contributed by atoms with Crippen molar-refractivity contribution in [3.63, 3.8) is 0 Å².